The van der Waals surface area contributed by atoms with Gasteiger partial charge in [-0.1, -0.05) is 37.7 Å². The van der Waals surface area contributed by atoms with Crippen LogP contribution in [0.4, 0.5) is 4.39 Å². The largest absolute Gasteiger partial charge is 0.348 e. The normalized spacial score (nSPS) is 11.9. The van der Waals surface area contributed by atoms with Gasteiger partial charge >= 0.3 is 0 Å². The van der Waals surface area contributed by atoms with E-state index in [1.165, 1.54) is 23.9 Å². The first-order valence-electron chi connectivity index (χ1n) is 8.24. The molecule has 0 spiro atoms. The Morgan fingerprint density at radius 1 is 1.27 bits per heavy atom. The van der Waals surface area contributed by atoms with Crippen molar-refractivity contribution < 1.29 is 9.18 Å². The van der Waals surface area contributed by atoms with Gasteiger partial charge in [-0.15, -0.1) is 0 Å². The zero-order valence-corrected chi connectivity index (χ0v) is 16.0. The average Bonchev–Trinajstić information content (AvgIpc) is 2.58. The van der Waals surface area contributed by atoms with E-state index in [4.69, 9.17) is 0 Å². The highest BCUT2D eigenvalue weighted by molar-refractivity contribution is 8.00. The molecule has 1 amide bonds. The summed E-state index contributed by atoms with van der Waals surface area (Å²) in [7, 11) is 0. The molecule has 7 heteroatoms. The van der Waals surface area contributed by atoms with Crippen LogP contribution in [0.3, 0.4) is 0 Å². The van der Waals surface area contributed by atoms with E-state index >= 15 is 0 Å². The molecule has 0 fully saturated rings. The molecule has 0 radical (unpaired) electrons. The second-order valence-electron chi connectivity index (χ2n) is 6.28. The highest BCUT2D eigenvalue weighted by Crippen LogP contribution is 2.24. The van der Waals surface area contributed by atoms with E-state index in [2.05, 4.69) is 21.4 Å². The Morgan fingerprint density at radius 2 is 1.92 bits per heavy atom. The number of halogens is 1. The molecule has 1 N–H and O–H groups in total. The van der Waals surface area contributed by atoms with Crippen LogP contribution in [-0.4, -0.2) is 21.6 Å². The number of rotatable bonds is 6. The molecule has 2 aromatic rings. The van der Waals surface area contributed by atoms with E-state index in [0.29, 0.717) is 22.1 Å². The molecule has 0 aliphatic heterocycles. The summed E-state index contributed by atoms with van der Waals surface area (Å²) in [6, 6.07) is 8.01. The lowest BCUT2D eigenvalue weighted by Gasteiger charge is -2.23. The van der Waals surface area contributed by atoms with Crippen molar-refractivity contribution in [3.05, 3.63) is 52.7 Å². The molecule has 1 aromatic carbocycles. The molecular formula is C19H21FN4OS. The zero-order chi connectivity index (χ0) is 19.3. The standard InChI is InChI=1S/C19H21FN4OS/c1-11(2)18(14-5-7-15(20)8-6-14)24-17(25)10-26-19-16(9-21)12(3)22-13(4)23-19/h5-8,11,18H,10H2,1-4H3,(H,24,25). The summed E-state index contributed by atoms with van der Waals surface area (Å²) in [4.78, 5) is 20.8. The summed E-state index contributed by atoms with van der Waals surface area (Å²) in [5.41, 5.74) is 1.85. The second-order valence-corrected chi connectivity index (χ2v) is 7.24. The molecule has 0 aliphatic carbocycles. The number of carbonyl (C=O) groups excluding carboxylic acids is 1. The zero-order valence-electron chi connectivity index (χ0n) is 15.2. The Balaban J connectivity index is 2.08. The maximum absolute atomic E-state index is 13.1. The number of benzene rings is 1. The van der Waals surface area contributed by atoms with E-state index < -0.39 is 0 Å². The Hall–Kier alpha value is -2.46. The van der Waals surface area contributed by atoms with Crippen LogP contribution in [0.25, 0.3) is 0 Å². The minimum atomic E-state index is -0.309. The molecule has 1 unspecified atom stereocenters. The Morgan fingerprint density at radius 3 is 2.50 bits per heavy atom. The van der Waals surface area contributed by atoms with Crippen molar-refractivity contribution in [2.75, 3.05) is 5.75 Å². The van der Waals surface area contributed by atoms with Gasteiger partial charge in [0.1, 0.15) is 28.3 Å². The second kappa shape index (κ2) is 8.77. The number of nitrogens with zero attached hydrogens (tertiary/aromatic N) is 3. The van der Waals surface area contributed by atoms with Gasteiger partial charge in [-0.2, -0.15) is 5.26 Å². The molecule has 136 valence electrons. The van der Waals surface area contributed by atoms with Crippen LogP contribution in [0.2, 0.25) is 0 Å². The first-order valence-corrected chi connectivity index (χ1v) is 9.23. The third kappa shape index (κ3) is 5.02. The van der Waals surface area contributed by atoms with Gasteiger partial charge in [-0.05, 0) is 37.5 Å². The van der Waals surface area contributed by atoms with E-state index in [9.17, 15) is 14.4 Å². The predicted molar refractivity (Wildman–Crippen MR) is 99.1 cm³/mol. The van der Waals surface area contributed by atoms with Gasteiger partial charge in [0.15, 0.2) is 0 Å². The quantitative estimate of drug-likeness (QED) is 0.618. The number of nitriles is 1. The fourth-order valence-corrected chi connectivity index (χ4v) is 3.45. The monoisotopic (exact) mass is 372 g/mol. The summed E-state index contributed by atoms with van der Waals surface area (Å²) < 4.78 is 13.1. The third-order valence-electron chi connectivity index (χ3n) is 3.83. The number of carbonyl (C=O) groups is 1. The smallest absolute Gasteiger partial charge is 0.230 e. The summed E-state index contributed by atoms with van der Waals surface area (Å²) >= 11 is 1.21. The molecule has 0 bridgehead atoms. The van der Waals surface area contributed by atoms with Crippen LogP contribution < -0.4 is 5.32 Å². The fraction of sp³-hybridized carbons (Fsp3) is 0.368. The van der Waals surface area contributed by atoms with E-state index in [-0.39, 0.29) is 29.4 Å². The minimum Gasteiger partial charge on any atom is -0.348 e. The lowest BCUT2D eigenvalue weighted by atomic mass is 9.96. The summed E-state index contributed by atoms with van der Waals surface area (Å²) in [6.45, 7) is 7.49. The van der Waals surface area contributed by atoms with Crippen LogP contribution in [0.1, 0.15) is 42.5 Å². The van der Waals surface area contributed by atoms with Crippen molar-refractivity contribution in [3.63, 3.8) is 0 Å². The van der Waals surface area contributed by atoms with Crippen molar-refractivity contribution in [2.24, 2.45) is 5.92 Å². The molecule has 5 nitrogen and oxygen atoms in total. The molecular weight excluding hydrogens is 351 g/mol. The first-order chi connectivity index (χ1) is 12.3. The SMILES string of the molecule is Cc1nc(C)c(C#N)c(SCC(=O)NC(c2ccc(F)cc2)C(C)C)n1. The molecule has 1 atom stereocenters. The van der Waals surface area contributed by atoms with Crippen molar-refractivity contribution in [2.45, 2.75) is 38.8 Å². The van der Waals surface area contributed by atoms with Crippen LogP contribution in [0.15, 0.2) is 29.3 Å². The molecule has 2 rings (SSSR count). The van der Waals surface area contributed by atoms with Crippen molar-refractivity contribution >= 4 is 17.7 Å². The van der Waals surface area contributed by atoms with Crippen molar-refractivity contribution in [1.82, 2.24) is 15.3 Å². The van der Waals surface area contributed by atoms with Crippen LogP contribution >= 0.6 is 11.8 Å². The van der Waals surface area contributed by atoms with Crippen molar-refractivity contribution in [3.8, 4) is 6.07 Å². The van der Waals surface area contributed by atoms with Gasteiger partial charge in [0.05, 0.1) is 17.5 Å². The fourth-order valence-electron chi connectivity index (χ4n) is 2.57. The van der Waals surface area contributed by atoms with Gasteiger partial charge in [-0.25, -0.2) is 14.4 Å². The third-order valence-corrected chi connectivity index (χ3v) is 4.81. The van der Waals surface area contributed by atoms with E-state index in [0.717, 1.165) is 5.56 Å². The van der Waals surface area contributed by atoms with Gasteiger partial charge in [0.25, 0.3) is 0 Å². The summed E-state index contributed by atoms with van der Waals surface area (Å²) in [5, 5.41) is 12.8. The van der Waals surface area contributed by atoms with E-state index in [1.54, 1.807) is 26.0 Å². The lowest BCUT2D eigenvalue weighted by Crippen LogP contribution is -2.33. The molecule has 0 aliphatic rings. The Bertz CT molecular complexity index is 831. The number of hydrogen-bond donors (Lipinski definition) is 1. The van der Waals surface area contributed by atoms with Gasteiger partial charge in [0, 0.05) is 0 Å². The molecule has 1 heterocycles. The van der Waals surface area contributed by atoms with Gasteiger partial charge in [0.2, 0.25) is 5.91 Å². The minimum absolute atomic E-state index is 0.134. The first kappa shape index (κ1) is 19.9. The average molecular weight is 372 g/mol. The maximum Gasteiger partial charge on any atom is 0.230 e. The van der Waals surface area contributed by atoms with Crippen LogP contribution in [-0.2, 0) is 4.79 Å². The maximum atomic E-state index is 13.1. The molecule has 26 heavy (non-hydrogen) atoms. The highest BCUT2D eigenvalue weighted by atomic mass is 32.2. The Labute approximate surface area is 157 Å². The number of aromatic nitrogens is 2. The predicted octanol–water partition coefficient (Wildman–Crippen LogP) is 3.71. The summed E-state index contributed by atoms with van der Waals surface area (Å²) in [6.07, 6.45) is 0. The van der Waals surface area contributed by atoms with Crippen molar-refractivity contribution in [1.29, 1.82) is 5.26 Å². The topological polar surface area (TPSA) is 78.7 Å². The molecule has 0 saturated carbocycles. The van der Waals surface area contributed by atoms with Gasteiger partial charge < -0.3 is 5.32 Å². The molecule has 0 saturated heterocycles. The number of hydrogen-bond acceptors (Lipinski definition) is 5. The number of thioether (sulfide) groups is 1. The molecule has 1 aromatic heterocycles. The number of amides is 1. The number of aryl methyl sites for hydroxylation is 2. The number of nitrogens with one attached hydrogen (secondary N) is 1. The highest BCUT2D eigenvalue weighted by Gasteiger charge is 2.19. The van der Waals surface area contributed by atoms with Crippen LogP contribution in [0.5, 0.6) is 0 Å². The summed E-state index contributed by atoms with van der Waals surface area (Å²) in [5.74, 6) is 0.366. The Kier molecular flexibility index (Phi) is 6.70. The van der Waals surface area contributed by atoms with Gasteiger partial charge in [-0.3, -0.25) is 4.79 Å². The van der Waals surface area contributed by atoms with Crippen LogP contribution in [0, 0.1) is 36.9 Å². The lowest BCUT2D eigenvalue weighted by molar-refractivity contribution is -0.119. The van der Waals surface area contributed by atoms with E-state index in [1.807, 2.05) is 13.8 Å².